The van der Waals surface area contributed by atoms with Crippen molar-refractivity contribution in [2.45, 2.75) is 19.4 Å². The fraction of sp³-hybridized carbons (Fsp3) is 0.294. The summed E-state index contributed by atoms with van der Waals surface area (Å²) in [6, 6.07) is 4.53. The van der Waals surface area contributed by atoms with Gasteiger partial charge in [0.25, 0.3) is 0 Å². The topological polar surface area (TPSA) is 105 Å². The molecule has 0 heterocycles. The number of rotatable bonds is 8. The summed E-state index contributed by atoms with van der Waals surface area (Å²) in [6.07, 6.45) is 1.12. The highest BCUT2D eigenvalue weighted by Crippen LogP contribution is 2.30. The van der Waals surface area contributed by atoms with Crippen LogP contribution in [0.4, 0.5) is 0 Å². The van der Waals surface area contributed by atoms with Gasteiger partial charge < -0.3 is 18.9 Å². The Bertz CT molecular complexity index is 677. The van der Waals surface area contributed by atoms with E-state index in [2.05, 4.69) is 4.74 Å². The number of aldehydes is 1. The maximum Gasteiger partial charge on any atom is 0.352 e. The fourth-order valence-electron chi connectivity index (χ4n) is 1.74. The summed E-state index contributed by atoms with van der Waals surface area (Å²) in [5, 5.41) is 0. The van der Waals surface area contributed by atoms with Gasteiger partial charge in [-0.2, -0.15) is 0 Å². The van der Waals surface area contributed by atoms with Gasteiger partial charge in [0.15, 0.2) is 23.9 Å². The van der Waals surface area contributed by atoms with E-state index in [4.69, 9.17) is 14.2 Å². The van der Waals surface area contributed by atoms with E-state index in [0.717, 1.165) is 19.3 Å². The average molecular weight is 350 g/mol. The van der Waals surface area contributed by atoms with Crippen molar-refractivity contribution < 1.29 is 38.1 Å². The summed E-state index contributed by atoms with van der Waals surface area (Å²) >= 11 is 0. The maximum absolute atomic E-state index is 12.2. The monoisotopic (exact) mass is 350 g/mol. The molecule has 1 rings (SSSR count). The van der Waals surface area contributed by atoms with Gasteiger partial charge in [-0.3, -0.25) is 4.79 Å². The van der Waals surface area contributed by atoms with Gasteiger partial charge in [-0.05, 0) is 18.6 Å². The molecule has 0 amide bonds. The molecule has 0 N–H and O–H groups in total. The lowest BCUT2D eigenvalue weighted by Crippen LogP contribution is -2.30. The molecule has 1 unspecified atom stereocenters. The van der Waals surface area contributed by atoms with E-state index < -0.39 is 24.0 Å². The molecule has 0 fully saturated rings. The zero-order chi connectivity index (χ0) is 18.8. The average Bonchev–Trinajstić information content (AvgIpc) is 2.63. The Morgan fingerprint density at radius 2 is 1.80 bits per heavy atom. The van der Waals surface area contributed by atoms with Crippen molar-refractivity contribution in [3.63, 3.8) is 0 Å². The minimum absolute atomic E-state index is 0.0652. The first-order valence-electron chi connectivity index (χ1n) is 7.27. The Morgan fingerprint density at radius 3 is 2.36 bits per heavy atom. The molecular weight excluding hydrogens is 332 g/mol. The quantitative estimate of drug-likeness (QED) is 0.300. The Morgan fingerprint density at radius 1 is 1.12 bits per heavy atom. The van der Waals surface area contributed by atoms with Crippen molar-refractivity contribution in [1.29, 1.82) is 0 Å². The summed E-state index contributed by atoms with van der Waals surface area (Å²) in [5.41, 5.74) is 0.111. The van der Waals surface area contributed by atoms with Crippen LogP contribution in [0, 0.1) is 0 Å². The van der Waals surface area contributed by atoms with Crippen molar-refractivity contribution in [3.8, 4) is 11.5 Å². The van der Waals surface area contributed by atoms with E-state index in [1.807, 2.05) is 0 Å². The summed E-state index contributed by atoms with van der Waals surface area (Å²) in [6.45, 7) is 1.60. The highest BCUT2D eigenvalue weighted by molar-refractivity contribution is 5.93. The van der Waals surface area contributed by atoms with Gasteiger partial charge in [0, 0.05) is 12.2 Å². The first-order valence-corrected chi connectivity index (χ1v) is 7.27. The molecule has 0 radical (unpaired) electrons. The second-order valence-electron chi connectivity index (χ2n) is 4.61. The minimum Gasteiger partial charge on any atom is -0.493 e. The third-order valence-corrected chi connectivity index (χ3v) is 3.01. The van der Waals surface area contributed by atoms with Gasteiger partial charge in [-0.15, -0.1) is 0 Å². The van der Waals surface area contributed by atoms with Gasteiger partial charge in [0.05, 0.1) is 19.8 Å². The molecule has 0 aliphatic rings. The predicted octanol–water partition coefficient (Wildman–Crippen LogP) is 1.46. The minimum atomic E-state index is -1.22. The summed E-state index contributed by atoms with van der Waals surface area (Å²) in [7, 11) is 2.51. The number of benzene rings is 1. The maximum atomic E-state index is 12.2. The van der Waals surface area contributed by atoms with Crippen LogP contribution in [-0.4, -0.2) is 44.5 Å². The molecule has 0 spiro atoms. The van der Waals surface area contributed by atoms with Crippen LogP contribution in [-0.2, 0) is 23.9 Å². The highest BCUT2D eigenvalue weighted by atomic mass is 16.6. The Hall–Kier alpha value is -3.16. The molecular formula is C17H18O8. The van der Waals surface area contributed by atoms with Crippen LogP contribution in [0.2, 0.25) is 0 Å². The zero-order valence-electron chi connectivity index (χ0n) is 14.0. The number of para-hydroxylation sites is 1. The number of ether oxygens (including phenoxy) is 4. The van der Waals surface area contributed by atoms with E-state index in [1.54, 1.807) is 13.0 Å². The number of esters is 3. The van der Waals surface area contributed by atoms with E-state index in [1.165, 1.54) is 19.2 Å². The lowest BCUT2D eigenvalue weighted by Gasteiger charge is -2.16. The third kappa shape index (κ3) is 5.76. The molecule has 8 nitrogen and oxygen atoms in total. The van der Waals surface area contributed by atoms with Crippen LogP contribution in [0.5, 0.6) is 11.5 Å². The Kier molecular flexibility index (Phi) is 7.85. The number of carbonyl (C=O) groups is 4. The largest absolute Gasteiger partial charge is 0.493 e. The number of hydrogen-bond donors (Lipinski definition) is 0. The first-order chi connectivity index (χ1) is 12.0. The van der Waals surface area contributed by atoms with Crippen LogP contribution in [0.15, 0.2) is 30.4 Å². The van der Waals surface area contributed by atoms with E-state index in [9.17, 15) is 19.2 Å². The van der Waals surface area contributed by atoms with Crippen LogP contribution < -0.4 is 9.47 Å². The Labute approximate surface area is 144 Å². The number of carbonyl (C=O) groups excluding carboxylic acids is 4. The molecule has 1 aromatic carbocycles. The van der Waals surface area contributed by atoms with E-state index in [-0.39, 0.29) is 23.5 Å². The summed E-state index contributed by atoms with van der Waals surface area (Å²) in [4.78, 5) is 45.9. The number of methoxy groups -OCH3 is 2. The highest BCUT2D eigenvalue weighted by Gasteiger charge is 2.25. The van der Waals surface area contributed by atoms with Crippen LogP contribution in [0.25, 0.3) is 0 Å². The van der Waals surface area contributed by atoms with Crippen molar-refractivity contribution in [3.05, 3.63) is 35.9 Å². The van der Waals surface area contributed by atoms with Crippen LogP contribution >= 0.6 is 0 Å². The molecule has 0 aliphatic heterocycles. The zero-order valence-corrected chi connectivity index (χ0v) is 14.0. The van der Waals surface area contributed by atoms with Crippen molar-refractivity contribution in [1.82, 2.24) is 0 Å². The molecule has 25 heavy (non-hydrogen) atoms. The summed E-state index contributed by atoms with van der Waals surface area (Å²) in [5.74, 6) is -2.41. The second-order valence-corrected chi connectivity index (χ2v) is 4.61. The third-order valence-electron chi connectivity index (χ3n) is 3.01. The Balaban J connectivity index is 2.87. The van der Waals surface area contributed by atoms with Crippen molar-refractivity contribution in [2.75, 3.05) is 14.2 Å². The lowest BCUT2D eigenvalue weighted by molar-refractivity contribution is -0.159. The van der Waals surface area contributed by atoms with Crippen LogP contribution in [0.3, 0.4) is 0 Å². The summed E-state index contributed by atoms with van der Waals surface area (Å²) < 4.78 is 19.5. The van der Waals surface area contributed by atoms with E-state index in [0.29, 0.717) is 6.29 Å². The van der Waals surface area contributed by atoms with Crippen molar-refractivity contribution in [2.24, 2.45) is 0 Å². The predicted molar refractivity (Wildman–Crippen MR) is 85.3 cm³/mol. The molecule has 0 aromatic heterocycles. The van der Waals surface area contributed by atoms with Gasteiger partial charge in [0.2, 0.25) is 0 Å². The standard InChI is InChI=1S/C17H18O8/c1-4-12(24-15(20)9-8-14(19)23-3)17(21)25-16-11(10-18)6-5-7-13(16)22-2/h5-10,12H,4H2,1-3H3/b9-8-. The lowest BCUT2D eigenvalue weighted by atomic mass is 10.2. The molecule has 0 saturated heterocycles. The molecule has 0 saturated carbocycles. The van der Waals surface area contributed by atoms with Gasteiger partial charge >= 0.3 is 17.9 Å². The smallest absolute Gasteiger partial charge is 0.352 e. The van der Waals surface area contributed by atoms with E-state index >= 15 is 0 Å². The number of hydrogen-bond acceptors (Lipinski definition) is 8. The molecule has 8 heteroatoms. The van der Waals surface area contributed by atoms with Gasteiger partial charge in [-0.25, -0.2) is 14.4 Å². The molecule has 1 aromatic rings. The van der Waals surface area contributed by atoms with Gasteiger partial charge in [-0.1, -0.05) is 13.0 Å². The molecule has 0 bridgehead atoms. The van der Waals surface area contributed by atoms with Crippen molar-refractivity contribution >= 4 is 24.2 Å². The van der Waals surface area contributed by atoms with Gasteiger partial charge in [0.1, 0.15) is 0 Å². The normalized spacial score (nSPS) is 11.5. The SMILES string of the molecule is CCC(OC(=O)/C=C\C(=O)OC)C(=O)Oc1c(C=O)cccc1OC. The molecule has 134 valence electrons. The second kappa shape index (κ2) is 9.86. The van der Waals surface area contributed by atoms with Crippen LogP contribution in [0.1, 0.15) is 23.7 Å². The first kappa shape index (κ1) is 19.9. The fourth-order valence-corrected chi connectivity index (χ4v) is 1.74. The molecule has 0 aliphatic carbocycles. The molecule has 1 atom stereocenters.